The highest BCUT2D eigenvalue weighted by Gasteiger charge is 2.31. The smallest absolute Gasteiger partial charge is 0.120 e. The lowest BCUT2D eigenvalue weighted by atomic mass is 9.99. The lowest BCUT2D eigenvalue weighted by Crippen LogP contribution is -2.25. The Kier molecular flexibility index (Phi) is 5.56. The third-order valence-electron chi connectivity index (χ3n) is 5.60. The molecule has 1 aliphatic carbocycles. The zero-order chi connectivity index (χ0) is 17.8. The van der Waals surface area contributed by atoms with Gasteiger partial charge in [-0.25, -0.2) is 0 Å². The summed E-state index contributed by atoms with van der Waals surface area (Å²) in [5.41, 5.74) is 2.44. The van der Waals surface area contributed by atoms with Crippen LogP contribution in [0, 0.1) is 5.92 Å². The maximum absolute atomic E-state index is 6.12. The van der Waals surface area contributed by atoms with E-state index in [0.29, 0.717) is 12.0 Å². The van der Waals surface area contributed by atoms with Gasteiger partial charge in [-0.2, -0.15) is 5.10 Å². The van der Waals surface area contributed by atoms with Crippen molar-refractivity contribution in [3.8, 4) is 5.75 Å². The van der Waals surface area contributed by atoms with Crippen molar-refractivity contribution in [3.63, 3.8) is 0 Å². The van der Waals surface area contributed by atoms with Crippen LogP contribution in [0.5, 0.6) is 5.75 Å². The second-order valence-electron chi connectivity index (χ2n) is 7.52. The largest absolute Gasteiger partial charge is 0.490 e. The summed E-state index contributed by atoms with van der Waals surface area (Å²) in [6.07, 6.45) is 8.48. The molecule has 1 aromatic carbocycles. The molecule has 2 fully saturated rings. The van der Waals surface area contributed by atoms with Crippen molar-refractivity contribution in [3.05, 3.63) is 47.8 Å². The number of hydrogen-bond donors (Lipinski definition) is 1. The SMILES string of the molecule is Cn1nccc1[C@@H]1OCC[C@H]1CNCc1cccc(OC2CCCC2)c1. The van der Waals surface area contributed by atoms with E-state index < -0.39 is 0 Å². The average molecular weight is 355 g/mol. The van der Waals surface area contributed by atoms with Crippen LogP contribution in [0.1, 0.15) is 49.5 Å². The number of aromatic nitrogens is 2. The maximum Gasteiger partial charge on any atom is 0.120 e. The maximum atomic E-state index is 6.12. The minimum absolute atomic E-state index is 0.145. The molecule has 140 valence electrons. The molecule has 2 aromatic rings. The summed E-state index contributed by atoms with van der Waals surface area (Å²) in [5, 5.41) is 7.89. The molecule has 0 unspecified atom stereocenters. The average Bonchev–Trinajstić information content (AvgIpc) is 3.38. The second-order valence-corrected chi connectivity index (χ2v) is 7.52. The molecule has 1 aliphatic heterocycles. The highest BCUT2D eigenvalue weighted by molar-refractivity contribution is 5.28. The molecule has 2 aliphatic rings. The Bertz CT molecular complexity index is 709. The van der Waals surface area contributed by atoms with Crippen molar-refractivity contribution in [2.75, 3.05) is 13.2 Å². The van der Waals surface area contributed by atoms with Gasteiger partial charge in [-0.1, -0.05) is 12.1 Å². The Labute approximate surface area is 155 Å². The Morgan fingerprint density at radius 3 is 2.92 bits per heavy atom. The van der Waals surface area contributed by atoms with Gasteiger partial charge in [-0.05, 0) is 55.9 Å². The van der Waals surface area contributed by atoms with E-state index in [0.717, 1.165) is 31.9 Å². The van der Waals surface area contributed by atoms with Crippen LogP contribution < -0.4 is 10.1 Å². The predicted octanol–water partition coefficient (Wildman–Crippen LogP) is 3.61. The fraction of sp³-hybridized carbons (Fsp3) is 0.571. The summed E-state index contributed by atoms with van der Waals surface area (Å²) in [7, 11) is 1.98. The molecule has 1 saturated heterocycles. The third kappa shape index (κ3) is 4.10. The van der Waals surface area contributed by atoms with Crippen LogP contribution in [-0.4, -0.2) is 29.0 Å². The summed E-state index contributed by atoms with van der Waals surface area (Å²) in [6.45, 7) is 2.63. The highest BCUT2D eigenvalue weighted by atomic mass is 16.5. The summed E-state index contributed by atoms with van der Waals surface area (Å²) >= 11 is 0. The number of nitrogens with one attached hydrogen (secondary N) is 1. The van der Waals surface area contributed by atoms with Crippen LogP contribution >= 0.6 is 0 Å². The predicted molar refractivity (Wildman–Crippen MR) is 101 cm³/mol. The molecule has 4 rings (SSSR count). The van der Waals surface area contributed by atoms with Crippen molar-refractivity contribution in [1.29, 1.82) is 0 Å². The van der Waals surface area contributed by atoms with Gasteiger partial charge in [0.25, 0.3) is 0 Å². The van der Waals surface area contributed by atoms with Crippen LogP contribution in [0.4, 0.5) is 0 Å². The molecule has 1 N–H and O–H groups in total. The summed E-state index contributed by atoms with van der Waals surface area (Å²) in [6, 6.07) is 10.6. The first kappa shape index (κ1) is 17.6. The Hall–Kier alpha value is -1.85. The minimum Gasteiger partial charge on any atom is -0.490 e. The van der Waals surface area contributed by atoms with E-state index in [-0.39, 0.29) is 6.10 Å². The molecule has 0 spiro atoms. The van der Waals surface area contributed by atoms with Gasteiger partial charge in [-0.15, -0.1) is 0 Å². The molecule has 5 heteroatoms. The van der Waals surface area contributed by atoms with Gasteiger partial charge in [0.15, 0.2) is 0 Å². The fourth-order valence-corrected chi connectivity index (χ4v) is 4.16. The zero-order valence-corrected chi connectivity index (χ0v) is 15.6. The van der Waals surface area contributed by atoms with Crippen molar-refractivity contribution in [1.82, 2.24) is 15.1 Å². The van der Waals surface area contributed by atoms with Crippen LogP contribution in [0.15, 0.2) is 36.5 Å². The number of ether oxygens (including phenoxy) is 2. The zero-order valence-electron chi connectivity index (χ0n) is 15.6. The monoisotopic (exact) mass is 355 g/mol. The Morgan fingerprint density at radius 1 is 1.23 bits per heavy atom. The molecule has 2 atom stereocenters. The van der Waals surface area contributed by atoms with Crippen molar-refractivity contribution in [2.45, 2.75) is 50.9 Å². The fourth-order valence-electron chi connectivity index (χ4n) is 4.16. The van der Waals surface area contributed by atoms with Gasteiger partial charge in [0.1, 0.15) is 11.9 Å². The molecule has 1 aromatic heterocycles. The first-order valence-electron chi connectivity index (χ1n) is 9.85. The van der Waals surface area contributed by atoms with Crippen molar-refractivity contribution >= 4 is 0 Å². The van der Waals surface area contributed by atoms with E-state index in [2.05, 4.69) is 40.7 Å². The van der Waals surface area contributed by atoms with E-state index in [9.17, 15) is 0 Å². The summed E-state index contributed by atoms with van der Waals surface area (Å²) in [5.74, 6) is 1.50. The molecular formula is C21H29N3O2. The molecule has 2 heterocycles. The summed E-state index contributed by atoms with van der Waals surface area (Å²) in [4.78, 5) is 0. The van der Waals surface area contributed by atoms with E-state index in [1.807, 2.05) is 17.9 Å². The van der Waals surface area contributed by atoms with Crippen molar-refractivity contribution < 1.29 is 9.47 Å². The van der Waals surface area contributed by atoms with Gasteiger partial charge in [0.2, 0.25) is 0 Å². The standard InChI is InChI=1S/C21H29N3O2/c1-24-20(9-11-23-24)21-17(10-12-25-21)15-22-14-16-5-4-8-19(13-16)26-18-6-2-3-7-18/h4-5,8-9,11,13,17-18,21-22H,2-3,6-7,10,12,14-15H2,1H3/t17-,21+/m0/s1. The van der Waals surface area contributed by atoms with Gasteiger partial charge in [0, 0.05) is 38.9 Å². The first-order chi connectivity index (χ1) is 12.8. The van der Waals surface area contributed by atoms with Gasteiger partial charge < -0.3 is 14.8 Å². The van der Waals surface area contributed by atoms with E-state index >= 15 is 0 Å². The molecule has 0 amide bonds. The number of rotatable bonds is 7. The lowest BCUT2D eigenvalue weighted by Gasteiger charge is -2.19. The lowest BCUT2D eigenvalue weighted by molar-refractivity contribution is 0.0838. The molecule has 0 bridgehead atoms. The van der Waals surface area contributed by atoms with E-state index in [1.165, 1.54) is 36.9 Å². The first-order valence-corrected chi connectivity index (χ1v) is 9.85. The van der Waals surface area contributed by atoms with Crippen LogP contribution in [0.25, 0.3) is 0 Å². The number of aryl methyl sites for hydroxylation is 1. The highest BCUT2D eigenvalue weighted by Crippen LogP contribution is 2.33. The molecule has 0 radical (unpaired) electrons. The Balaban J connectivity index is 1.29. The van der Waals surface area contributed by atoms with Gasteiger partial charge >= 0.3 is 0 Å². The minimum atomic E-state index is 0.145. The molecule has 5 nitrogen and oxygen atoms in total. The number of nitrogens with zero attached hydrogens (tertiary/aromatic N) is 2. The van der Waals surface area contributed by atoms with Gasteiger partial charge in [-0.3, -0.25) is 4.68 Å². The van der Waals surface area contributed by atoms with E-state index in [4.69, 9.17) is 9.47 Å². The Morgan fingerprint density at radius 2 is 2.12 bits per heavy atom. The second kappa shape index (κ2) is 8.23. The molecular weight excluding hydrogens is 326 g/mol. The number of hydrogen-bond acceptors (Lipinski definition) is 4. The molecule has 26 heavy (non-hydrogen) atoms. The topological polar surface area (TPSA) is 48.3 Å². The third-order valence-corrected chi connectivity index (χ3v) is 5.60. The molecule has 1 saturated carbocycles. The van der Waals surface area contributed by atoms with Crippen LogP contribution in [0.3, 0.4) is 0 Å². The number of benzene rings is 1. The van der Waals surface area contributed by atoms with Crippen LogP contribution in [-0.2, 0) is 18.3 Å². The van der Waals surface area contributed by atoms with E-state index in [1.54, 1.807) is 0 Å². The quantitative estimate of drug-likeness (QED) is 0.824. The summed E-state index contributed by atoms with van der Waals surface area (Å²) < 4.78 is 14.0. The van der Waals surface area contributed by atoms with Crippen molar-refractivity contribution in [2.24, 2.45) is 13.0 Å². The van der Waals surface area contributed by atoms with Gasteiger partial charge in [0.05, 0.1) is 11.8 Å². The van der Waals surface area contributed by atoms with Crippen LogP contribution in [0.2, 0.25) is 0 Å². The normalized spacial score (nSPS) is 23.6.